The summed E-state index contributed by atoms with van der Waals surface area (Å²) in [4.78, 5) is 0. The van der Waals surface area contributed by atoms with Gasteiger partial charge in [-0.05, 0) is 39.8 Å². The van der Waals surface area contributed by atoms with Crippen molar-refractivity contribution < 1.29 is 8.78 Å². The zero-order valence-corrected chi connectivity index (χ0v) is 14.5. The third kappa shape index (κ3) is 2.41. The van der Waals surface area contributed by atoms with Crippen LogP contribution in [-0.4, -0.2) is 0 Å². The Balaban J connectivity index is 1.92. The van der Waals surface area contributed by atoms with Gasteiger partial charge in [0, 0.05) is 11.1 Å². The van der Waals surface area contributed by atoms with Gasteiger partial charge in [-0.3, -0.25) is 0 Å². The number of halogens is 2. The average Bonchev–Trinajstić information content (AvgIpc) is 3.11. The van der Waals surface area contributed by atoms with Crippen LogP contribution in [0.4, 0.5) is 8.78 Å². The van der Waals surface area contributed by atoms with Crippen molar-refractivity contribution in [1.82, 2.24) is 0 Å². The Kier molecular flexibility index (Phi) is 3.64. The predicted octanol–water partition coefficient (Wildman–Crippen LogP) is 6.87. The summed E-state index contributed by atoms with van der Waals surface area (Å²) in [5, 5.41) is 0. The van der Waals surface area contributed by atoms with Crippen LogP contribution in [0.5, 0.6) is 0 Å². The molecule has 0 saturated carbocycles. The molecule has 0 spiro atoms. The molecule has 0 unspecified atom stereocenters. The van der Waals surface area contributed by atoms with E-state index in [4.69, 9.17) is 0 Å². The molecule has 0 atom stereocenters. The van der Waals surface area contributed by atoms with E-state index < -0.39 is 11.6 Å². The Labute approximate surface area is 156 Å². The fourth-order valence-corrected chi connectivity index (χ4v) is 4.10. The molecule has 4 aromatic carbocycles. The van der Waals surface area contributed by atoms with E-state index in [-0.39, 0.29) is 0 Å². The minimum absolute atomic E-state index is 0.339. The van der Waals surface area contributed by atoms with Gasteiger partial charge in [-0.25, -0.2) is 8.78 Å². The van der Waals surface area contributed by atoms with Gasteiger partial charge in [0.25, 0.3) is 0 Å². The van der Waals surface area contributed by atoms with Gasteiger partial charge in [-0.15, -0.1) is 0 Å². The van der Waals surface area contributed by atoms with Crippen molar-refractivity contribution in [2.24, 2.45) is 0 Å². The smallest absolute Gasteiger partial charge is 0.167 e. The number of benzene rings is 4. The summed E-state index contributed by atoms with van der Waals surface area (Å²) in [6.45, 7) is 0. The zero-order valence-electron chi connectivity index (χ0n) is 14.5. The molecule has 27 heavy (non-hydrogen) atoms. The minimum Gasteiger partial charge on any atom is -0.203 e. The fourth-order valence-electron chi connectivity index (χ4n) is 4.10. The van der Waals surface area contributed by atoms with Crippen LogP contribution < -0.4 is 0 Å². The Bertz CT molecular complexity index is 1150. The highest BCUT2D eigenvalue weighted by Crippen LogP contribution is 2.48. The second kappa shape index (κ2) is 6.17. The van der Waals surface area contributed by atoms with Crippen LogP contribution in [0.25, 0.3) is 33.4 Å². The maximum absolute atomic E-state index is 15.4. The zero-order chi connectivity index (χ0) is 18.4. The standard InChI is InChI=1S/C25H16F2/c26-24-22(17-11-5-2-6-12-17)21(16-9-3-1-4-10-16)20-15-18-13-7-8-14-19(18)23(20)25(24)27/h1-14H,15H2. The molecule has 0 amide bonds. The van der Waals surface area contributed by atoms with Crippen LogP contribution in [0.2, 0.25) is 0 Å². The maximum atomic E-state index is 15.4. The lowest BCUT2D eigenvalue weighted by atomic mass is 9.87. The van der Waals surface area contributed by atoms with E-state index in [1.807, 2.05) is 84.9 Å². The molecule has 0 aliphatic heterocycles. The van der Waals surface area contributed by atoms with Crippen LogP contribution in [0.1, 0.15) is 11.1 Å². The number of hydrogen-bond acceptors (Lipinski definition) is 0. The lowest BCUT2D eigenvalue weighted by molar-refractivity contribution is 0.514. The number of hydrogen-bond donors (Lipinski definition) is 0. The van der Waals surface area contributed by atoms with E-state index in [1.54, 1.807) is 0 Å². The first kappa shape index (κ1) is 16.0. The number of rotatable bonds is 2. The second-order valence-corrected chi connectivity index (χ2v) is 6.80. The van der Waals surface area contributed by atoms with E-state index in [0.29, 0.717) is 23.1 Å². The van der Waals surface area contributed by atoms with Crippen molar-refractivity contribution in [2.45, 2.75) is 6.42 Å². The highest BCUT2D eigenvalue weighted by atomic mass is 19.2. The predicted molar refractivity (Wildman–Crippen MR) is 105 cm³/mol. The Hall–Kier alpha value is -3.26. The van der Waals surface area contributed by atoms with Crippen LogP contribution in [0, 0.1) is 11.6 Å². The monoisotopic (exact) mass is 354 g/mol. The summed E-state index contributed by atoms with van der Waals surface area (Å²) in [6.07, 6.45) is 0.604. The second-order valence-electron chi connectivity index (χ2n) is 6.80. The van der Waals surface area contributed by atoms with Gasteiger partial charge < -0.3 is 0 Å². The van der Waals surface area contributed by atoms with Crippen molar-refractivity contribution >= 4 is 0 Å². The van der Waals surface area contributed by atoms with Crippen molar-refractivity contribution in [2.75, 3.05) is 0 Å². The SMILES string of the molecule is Fc1c(F)c(-c2ccccc2)c(-c2ccccc2)c2c1-c1ccccc1C2. The molecule has 2 heteroatoms. The van der Waals surface area contributed by atoms with Gasteiger partial charge >= 0.3 is 0 Å². The van der Waals surface area contributed by atoms with Gasteiger partial charge in [0.05, 0.1) is 0 Å². The van der Waals surface area contributed by atoms with Crippen LogP contribution in [-0.2, 0) is 6.42 Å². The molecular weight excluding hydrogens is 338 g/mol. The lowest BCUT2D eigenvalue weighted by Gasteiger charge is -2.18. The minimum atomic E-state index is -0.782. The molecule has 0 N–H and O–H groups in total. The van der Waals surface area contributed by atoms with Gasteiger partial charge in [0.2, 0.25) is 0 Å². The van der Waals surface area contributed by atoms with Crippen molar-refractivity contribution in [3.05, 3.63) is 108 Å². The van der Waals surface area contributed by atoms with Crippen LogP contribution in [0.3, 0.4) is 0 Å². The molecule has 0 radical (unpaired) electrons. The molecule has 0 saturated heterocycles. The quantitative estimate of drug-likeness (QED) is 0.324. The summed E-state index contributed by atoms with van der Waals surface area (Å²) < 4.78 is 30.7. The fraction of sp³-hybridized carbons (Fsp3) is 0.0400. The molecule has 0 nitrogen and oxygen atoms in total. The van der Waals surface area contributed by atoms with Gasteiger partial charge in [0.15, 0.2) is 11.6 Å². The van der Waals surface area contributed by atoms with Crippen LogP contribution in [0.15, 0.2) is 84.9 Å². The molecule has 1 aliphatic carbocycles. The maximum Gasteiger partial charge on any atom is 0.167 e. The first-order chi connectivity index (χ1) is 13.3. The highest BCUT2D eigenvalue weighted by Gasteiger charge is 2.31. The van der Waals surface area contributed by atoms with E-state index in [2.05, 4.69) is 0 Å². The van der Waals surface area contributed by atoms with E-state index in [9.17, 15) is 0 Å². The summed E-state index contributed by atoms with van der Waals surface area (Å²) in [5.41, 5.74) is 5.80. The van der Waals surface area contributed by atoms with Gasteiger partial charge in [-0.2, -0.15) is 0 Å². The molecule has 0 fully saturated rings. The Morgan fingerprint density at radius 2 is 1.04 bits per heavy atom. The summed E-state index contributed by atoms with van der Waals surface area (Å²) in [6, 6.07) is 26.6. The molecule has 130 valence electrons. The third-order valence-corrected chi connectivity index (χ3v) is 5.26. The highest BCUT2D eigenvalue weighted by molar-refractivity contribution is 5.94. The van der Waals surface area contributed by atoms with E-state index in [1.165, 1.54) is 0 Å². The first-order valence-electron chi connectivity index (χ1n) is 8.98. The topological polar surface area (TPSA) is 0 Å². The lowest BCUT2D eigenvalue weighted by Crippen LogP contribution is -2.01. The third-order valence-electron chi connectivity index (χ3n) is 5.26. The van der Waals surface area contributed by atoms with E-state index in [0.717, 1.165) is 27.8 Å². The largest absolute Gasteiger partial charge is 0.203 e. The molecule has 5 rings (SSSR count). The molecule has 0 bridgehead atoms. The van der Waals surface area contributed by atoms with Crippen molar-refractivity contribution in [3.8, 4) is 33.4 Å². The summed E-state index contributed by atoms with van der Waals surface area (Å²) >= 11 is 0. The average molecular weight is 354 g/mol. The molecule has 0 aromatic heterocycles. The Morgan fingerprint density at radius 1 is 0.519 bits per heavy atom. The summed E-state index contributed by atoms with van der Waals surface area (Å²) in [5.74, 6) is -1.54. The van der Waals surface area contributed by atoms with Crippen molar-refractivity contribution in [1.29, 1.82) is 0 Å². The van der Waals surface area contributed by atoms with Crippen molar-refractivity contribution in [3.63, 3.8) is 0 Å². The molecule has 0 heterocycles. The summed E-state index contributed by atoms with van der Waals surface area (Å²) in [7, 11) is 0. The van der Waals surface area contributed by atoms with Gasteiger partial charge in [-0.1, -0.05) is 84.9 Å². The van der Waals surface area contributed by atoms with E-state index >= 15 is 8.78 Å². The van der Waals surface area contributed by atoms with Gasteiger partial charge in [0.1, 0.15) is 0 Å². The molecular formula is C25H16F2. The normalized spacial score (nSPS) is 11.9. The molecule has 1 aliphatic rings. The molecule has 4 aromatic rings. The number of fused-ring (bicyclic) bond motifs is 3. The Morgan fingerprint density at radius 3 is 1.70 bits per heavy atom. The van der Waals surface area contributed by atoms with Crippen LogP contribution >= 0.6 is 0 Å². The first-order valence-corrected chi connectivity index (χ1v) is 8.98.